The van der Waals surface area contributed by atoms with Crippen LogP contribution in [0, 0.1) is 5.82 Å². The van der Waals surface area contributed by atoms with Gasteiger partial charge >= 0.3 is 12.1 Å². The Morgan fingerprint density at radius 2 is 1.39 bits per heavy atom. The first kappa shape index (κ1) is 22.9. The largest absolute Gasteiger partial charge is 0.491 e. The molecule has 3 aromatic carbocycles. The van der Waals surface area contributed by atoms with Crippen LogP contribution in [0.5, 0.6) is 0 Å². The SMILES string of the molecule is O=C(OC1(CCc2cccc(F)c2)NC(c2ccccc2)C(c2ccccc2)N1)C(F)(F)F. The standard InChI is InChI=1S/C25H22F4N2O2/c26-20-13-7-8-17(16-20)14-15-24(33-23(32)25(27,28)29)30-21(18-9-3-1-4-10-18)22(31-24)19-11-5-2-6-12-19/h1-13,16,21-22,30-31H,14-15H2. The molecule has 2 N–H and O–H groups in total. The third-order valence-electron chi connectivity index (χ3n) is 5.58. The van der Waals surface area contributed by atoms with Gasteiger partial charge in [0.2, 0.25) is 5.85 Å². The summed E-state index contributed by atoms with van der Waals surface area (Å²) in [4.78, 5) is 11.9. The summed E-state index contributed by atoms with van der Waals surface area (Å²) in [5.74, 6) is -4.58. The average Bonchev–Trinajstić information content (AvgIpc) is 3.18. The number of benzene rings is 3. The number of halogens is 4. The Hall–Kier alpha value is -3.23. The topological polar surface area (TPSA) is 50.4 Å². The number of ether oxygens (including phenoxy) is 1. The molecule has 3 aromatic rings. The minimum atomic E-state index is -5.16. The molecule has 0 spiro atoms. The number of carbonyl (C=O) groups is 1. The van der Waals surface area contributed by atoms with Gasteiger partial charge in [-0.2, -0.15) is 13.2 Å². The summed E-state index contributed by atoms with van der Waals surface area (Å²) in [6.45, 7) is 0. The Kier molecular flexibility index (Phi) is 6.49. The molecule has 8 heteroatoms. The molecule has 1 heterocycles. The number of alkyl halides is 3. The molecule has 4 rings (SSSR count). The predicted octanol–water partition coefficient (Wildman–Crippen LogP) is 5.19. The number of carbonyl (C=O) groups excluding carboxylic acids is 1. The van der Waals surface area contributed by atoms with Crippen molar-refractivity contribution < 1.29 is 27.1 Å². The number of nitrogens with one attached hydrogen (secondary N) is 2. The molecule has 172 valence electrons. The lowest BCUT2D eigenvalue weighted by Crippen LogP contribution is -2.55. The van der Waals surface area contributed by atoms with Crippen LogP contribution in [0.3, 0.4) is 0 Å². The third kappa shape index (κ3) is 5.40. The number of aryl methyl sites for hydroxylation is 1. The first-order valence-corrected chi connectivity index (χ1v) is 10.5. The molecule has 1 aliphatic rings. The molecule has 2 atom stereocenters. The van der Waals surface area contributed by atoms with Crippen molar-refractivity contribution >= 4 is 5.97 Å². The molecule has 0 aliphatic carbocycles. The van der Waals surface area contributed by atoms with Crippen molar-refractivity contribution in [1.82, 2.24) is 10.6 Å². The molecular weight excluding hydrogens is 436 g/mol. The third-order valence-corrected chi connectivity index (χ3v) is 5.58. The van der Waals surface area contributed by atoms with Crippen LogP contribution in [0.1, 0.15) is 35.2 Å². The molecule has 0 radical (unpaired) electrons. The van der Waals surface area contributed by atoms with Crippen molar-refractivity contribution in [3.8, 4) is 0 Å². The van der Waals surface area contributed by atoms with Crippen LogP contribution in [-0.2, 0) is 16.0 Å². The summed E-state index contributed by atoms with van der Waals surface area (Å²) in [6, 6.07) is 23.2. The van der Waals surface area contributed by atoms with Gasteiger partial charge in [0.25, 0.3) is 0 Å². The van der Waals surface area contributed by atoms with Crippen LogP contribution in [0.4, 0.5) is 17.6 Å². The molecule has 0 bridgehead atoms. The zero-order valence-corrected chi connectivity index (χ0v) is 17.5. The van der Waals surface area contributed by atoms with E-state index in [-0.39, 0.29) is 12.8 Å². The Bertz CT molecular complexity index is 1040. The van der Waals surface area contributed by atoms with Gasteiger partial charge < -0.3 is 4.74 Å². The van der Waals surface area contributed by atoms with Crippen molar-refractivity contribution in [2.24, 2.45) is 0 Å². The molecule has 33 heavy (non-hydrogen) atoms. The van der Waals surface area contributed by atoms with Crippen LogP contribution < -0.4 is 10.6 Å². The van der Waals surface area contributed by atoms with Crippen LogP contribution in [0.25, 0.3) is 0 Å². The quantitative estimate of drug-likeness (QED) is 0.394. The van der Waals surface area contributed by atoms with Gasteiger partial charge in [0.15, 0.2) is 0 Å². The summed E-state index contributed by atoms with van der Waals surface area (Å²) in [5, 5.41) is 6.22. The molecule has 0 saturated carbocycles. The lowest BCUT2D eigenvalue weighted by Gasteiger charge is -2.31. The molecule has 1 fully saturated rings. The Morgan fingerprint density at radius 1 is 0.848 bits per heavy atom. The first-order valence-electron chi connectivity index (χ1n) is 10.5. The minimum Gasteiger partial charge on any atom is -0.424 e. The van der Waals surface area contributed by atoms with E-state index in [1.807, 2.05) is 60.7 Å². The molecular formula is C25H22F4N2O2. The fraction of sp³-hybridized carbons (Fsp3) is 0.240. The van der Waals surface area contributed by atoms with Crippen molar-refractivity contribution in [3.05, 3.63) is 107 Å². The van der Waals surface area contributed by atoms with Gasteiger partial charge in [-0.05, 0) is 35.2 Å². The van der Waals surface area contributed by atoms with E-state index in [0.717, 1.165) is 11.1 Å². The molecule has 4 nitrogen and oxygen atoms in total. The summed E-state index contributed by atoms with van der Waals surface area (Å²) in [7, 11) is 0. The Morgan fingerprint density at radius 3 is 1.88 bits per heavy atom. The number of hydrogen-bond donors (Lipinski definition) is 2. The zero-order valence-electron chi connectivity index (χ0n) is 17.5. The summed E-state index contributed by atoms with van der Waals surface area (Å²) in [5.41, 5.74) is 2.20. The maximum Gasteiger partial charge on any atom is 0.491 e. The van der Waals surface area contributed by atoms with Gasteiger partial charge in [0, 0.05) is 6.42 Å². The smallest absolute Gasteiger partial charge is 0.424 e. The van der Waals surface area contributed by atoms with Gasteiger partial charge in [-0.1, -0.05) is 72.8 Å². The van der Waals surface area contributed by atoms with Crippen molar-refractivity contribution in [1.29, 1.82) is 0 Å². The van der Waals surface area contributed by atoms with E-state index in [0.29, 0.717) is 5.56 Å². The van der Waals surface area contributed by atoms with Gasteiger partial charge in [-0.3, -0.25) is 10.6 Å². The van der Waals surface area contributed by atoms with Gasteiger partial charge in [-0.25, -0.2) is 9.18 Å². The highest BCUT2D eigenvalue weighted by Gasteiger charge is 2.52. The van der Waals surface area contributed by atoms with E-state index in [1.165, 1.54) is 18.2 Å². The highest BCUT2D eigenvalue weighted by molar-refractivity contribution is 5.76. The predicted molar refractivity (Wildman–Crippen MR) is 114 cm³/mol. The van der Waals surface area contributed by atoms with Crippen molar-refractivity contribution in [3.63, 3.8) is 0 Å². The number of esters is 1. The Labute approximate surface area is 188 Å². The second-order valence-corrected chi connectivity index (χ2v) is 7.91. The molecule has 1 aliphatic heterocycles. The normalized spacial score (nSPS) is 22.8. The monoisotopic (exact) mass is 458 g/mol. The van der Waals surface area contributed by atoms with Crippen molar-refractivity contribution in [2.45, 2.75) is 37.0 Å². The summed E-state index contributed by atoms with van der Waals surface area (Å²) >= 11 is 0. The fourth-order valence-electron chi connectivity index (χ4n) is 4.07. The zero-order chi connectivity index (χ0) is 23.5. The number of hydrogen-bond acceptors (Lipinski definition) is 4. The fourth-order valence-corrected chi connectivity index (χ4v) is 4.07. The van der Waals surface area contributed by atoms with E-state index >= 15 is 0 Å². The van der Waals surface area contributed by atoms with Gasteiger partial charge in [-0.15, -0.1) is 0 Å². The molecule has 2 unspecified atom stereocenters. The van der Waals surface area contributed by atoms with Crippen LogP contribution >= 0.6 is 0 Å². The lowest BCUT2D eigenvalue weighted by atomic mass is 9.95. The van der Waals surface area contributed by atoms with Crippen LogP contribution in [-0.4, -0.2) is 18.0 Å². The van der Waals surface area contributed by atoms with E-state index in [4.69, 9.17) is 4.74 Å². The van der Waals surface area contributed by atoms with E-state index < -0.39 is 35.9 Å². The highest BCUT2D eigenvalue weighted by Crippen LogP contribution is 2.39. The second kappa shape index (κ2) is 9.33. The first-order chi connectivity index (χ1) is 15.8. The summed E-state index contributed by atoms with van der Waals surface area (Å²) < 4.78 is 58.1. The summed E-state index contributed by atoms with van der Waals surface area (Å²) in [6.07, 6.45) is -5.04. The minimum absolute atomic E-state index is 0.0507. The van der Waals surface area contributed by atoms with Gasteiger partial charge in [0.05, 0.1) is 12.1 Å². The highest BCUT2D eigenvalue weighted by atomic mass is 19.4. The molecule has 0 amide bonds. The number of rotatable bonds is 6. The maximum absolute atomic E-state index is 13.6. The maximum atomic E-state index is 13.6. The van der Waals surface area contributed by atoms with Gasteiger partial charge in [0.1, 0.15) is 5.82 Å². The second-order valence-electron chi connectivity index (χ2n) is 7.91. The van der Waals surface area contributed by atoms with E-state index in [2.05, 4.69) is 10.6 Å². The van der Waals surface area contributed by atoms with Crippen LogP contribution in [0.15, 0.2) is 84.9 Å². The van der Waals surface area contributed by atoms with E-state index in [1.54, 1.807) is 6.07 Å². The Balaban J connectivity index is 1.70. The average molecular weight is 458 g/mol. The van der Waals surface area contributed by atoms with Crippen molar-refractivity contribution in [2.75, 3.05) is 0 Å². The van der Waals surface area contributed by atoms with E-state index in [9.17, 15) is 22.4 Å². The molecule has 1 saturated heterocycles. The lowest BCUT2D eigenvalue weighted by molar-refractivity contribution is -0.219. The molecule has 0 aromatic heterocycles. The van der Waals surface area contributed by atoms with Crippen LogP contribution in [0.2, 0.25) is 0 Å².